The Hall–Kier alpha value is -1.85. The number of thioether (sulfide) groups is 1. The van der Waals surface area contributed by atoms with Gasteiger partial charge in [-0.2, -0.15) is 0 Å². The molecular weight excluding hydrogens is 337 g/mol. The van der Waals surface area contributed by atoms with E-state index < -0.39 is 12.0 Å². The van der Waals surface area contributed by atoms with Crippen molar-refractivity contribution in [3.05, 3.63) is 65.5 Å². The van der Waals surface area contributed by atoms with Gasteiger partial charge >= 0.3 is 5.97 Å². The lowest BCUT2D eigenvalue weighted by Crippen LogP contribution is -2.46. The third-order valence-corrected chi connectivity index (χ3v) is 5.52. The molecule has 0 spiro atoms. The Labute approximate surface area is 151 Å². The molecule has 0 amide bonds. The predicted molar refractivity (Wildman–Crippen MR) is 98.4 cm³/mol. The molecule has 2 aromatic carbocycles. The minimum absolute atomic E-state index is 0.182. The van der Waals surface area contributed by atoms with Crippen molar-refractivity contribution in [2.24, 2.45) is 0 Å². The van der Waals surface area contributed by atoms with Gasteiger partial charge in [0.15, 0.2) is 0 Å². The Morgan fingerprint density at radius 3 is 2.28 bits per heavy atom. The SMILES string of the molecule is CSc1ccc(C(c2ccc(F)cc2)N2CCCCC2C(=O)O)cc1. The minimum atomic E-state index is -0.785. The molecule has 0 aromatic heterocycles. The van der Waals surface area contributed by atoms with Crippen molar-refractivity contribution in [2.45, 2.75) is 36.2 Å². The highest BCUT2D eigenvalue weighted by Gasteiger charge is 2.35. The van der Waals surface area contributed by atoms with Crippen LogP contribution in [0.2, 0.25) is 0 Å². The van der Waals surface area contributed by atoms with E-state index in [0.717, 1.165) is 35.4 Å². The Balaban J connectivity index is 2.03. The zero-order valence-corrected chi connectivity index (χ0v) is 15.0. The Bertz CT molecular complexity index is 717. The van der Waals surface area contributed by atoms with Gasteiger partial charge in [-0.1, -0.05) is 30.7 Å². The van der Waals surface area contributed by atoms with Crippen molar-refractivity contribution in [3.63, 3.8) is 0 Å². The molecule has 0 aliphatic carbocycles. The molecule has 25 heavy (non-hydrogen) atoms. The van der Waals surface area contributed by atoms with Crippen molar-refractivity contribution in [3.8, 4) is 0 Å². The number of carbonyl (C=O) groups is 1. The van der Waals surface area contributed by atoms with E-state index in [1.54, 1.807) is 23.9 Å². The molecule has 0 saturated carbocycles. The molecule has 1 heterocycles. The third-order valence-electron chi connectivity index (χ3n) is 4.78. The highest BCUT2D eigenvalue weighted by Crippen LogP contribution is 2.35. The van der Waals surface area contributed by atoms with Gasteiger partial charge in [0.25, 0.3) is 0 Å². The summed E-state index contributed by atoms with van der Waals surface area (Å²) in [6.07, 6.45) is 4.58. The van der Waals surface area contributed by atoms with E-state index in [2.05, 4.69) is 12.1 Å². The summed E-state index contributed by atoms with van der Waals surface area (Å²) in [7, 11) is 0. The topological polar surface area (TPSA) is 40.5 Å². The molecular formula is C20H22FNO2S. The summed E-state index contributed by atoms with van der Waals surface area (Å²) < 4.78 is 13.4. The third kappa shape index (κ3) is 4.05. The molecule has 2 aromatic rings. The van der Waals surface area contributed by atoms with E-state index in [1.165, 1.54) is 12.1 Å². The second-order valence-corrected chi connectivity index (χ2v) is 7.19. The smallest absolute Gasteiger partial charge is 0.320 e. The van der Waals surface area contributed by atoms with Gasteiger partial charge in [0, 0.05) is 4.90 Å². The van der Waals surface area contributed by atoms with Gasteiger partial charge in [0.1, 0.15) is 11.9 Å². The number of nitrogens with zero attached hydrogens (tertiary/aromatic N) is 1. The van der Waals surface area contributed by atoms with Crippen LogP contribution in [0.15, 0.2) is 53.4 Å². The first-order chi connectivity index (χ1) is 12.1. The van der Waals surface area contributed by atoms with E-state index in [4.69, 9.17) is 0 Å². The van der Waals surface area contributed by atoms with Gasteiger partial charge in [0.2, 0.25) is 0 Å². The highest BCUT2D eigenvalue weighted by molar-refractivity contribution is 7.98. The number of aliphatic carboxylic acids is 1. The molecule has 5 heteroatoms. The lowest BCUT2D eigenvalue weighted by atomic mass is 9.92. The Morgan fingerprint density at radius 1 is 1.12 bits per heavy atom. The minimum Gasteiger partial charge on any atom is -0.480 e. The molecule has 3 rings (SSSR count). The van der Waals surface area contributed by atoms with Crippen molar-refractivity contribution in [1.29, 1.82) is 0 Å². The molecule has 2 unspecified atom stereocenters. The number of hydrogen-bond acceptors (Lipinski definition) is 3. The van der Waals surface area contributed by atoms with Crippen LogP contribution in [0.25, 0.3) is 0 Å². The van der Waals surface area contributed by atoms with Crippen LogP contribution in [0.5, 0.6) is 0 Å². The fourth-order valence-electron chi connectivity index (χ4n) is 3.53. The summed E-state index contributed by atoms with van der Waals surface area (Å²) in [5.74, 6) is -1.07. The molecule has 1 aliphatic rings. The van der Waals surface area contributed by atoms with Crippen molar-refractivity contribution in [2.75, 3.05) is 12.8 Å². The second kappa shape index (κ2) is 8.02. The van der Waals surface area contributed by atoms with Crippen LogP contribution >= 0.6 is 11.8 Å². The molecule has 1 saturated heterocycles. The number of benzene rings is 2. The summed E-state index contributed by atoms with van der Waals surface area (Å²) in [5.41, 5.74) is 1.96. The van der Waals surface area contributed by atoms with E-state index in [9.17, 15) is 14.3 Å². The molecule has 1 fully saturated rings. The van der Waals surface area contributed by atoms with Gasteiger partial charge < -0.3 is 5.11 Å². The van der Waals surface area contributed by atoms with Crippen molar-refractivity contribution < 1.29 is 14.3 Å². The largest absolute Gasteiger partial charge is 0.480 e. The quantitative estimate of drug-likeness (QED) is 0.794. The van der Waals surface area contributed by atoms with Gasteiger partial charge in [0.05, 0.1) is 6.04 Å². The maximum Gasteiger partial charge on any atom is 0.320 e. The van der Waals surface area contributed by atoms with Crippen molar-refractivity contribution >= 4 is 17.7 Å². The average Bonchev–Trinajstić information content (AvgIpc) is 2.64. The molecule has 1 aliphatic heterocycles. The number of halogens is 1. The first-order valence-corrected chi connectivity index (χ1v) is 9.70. The number of rotatable bonds is 5. The average molecular weight is 359 g/mol. The number of carboxylic acid groups (broad SMARTS) is 1. The van der Waals surface area contributed by atoms with Gasteiger partial charge in [-0.3, -0.25) is 9.69 Å². The molecule has 0 radical (unpaired) electrons. The standard InChI is InChI=1S/C20H22FNO2S/c1-25-17-11-7-15(8-12-17)19(14-5-9-16(21)10-6-14)22-13-3-2-4-18(22)20(23)24/h5-12,18-19H,2-4,13H2,1H3,(H,23,24). The molecule has 3 nitrogen and oxygen atoms in total. The van der Waals surface area contributed by atoms with Crippen LogP contribution in [0, 0.1) is 5.82 Å². The molecule has 132 valence electrons. The number of carboxylic acids is 1. The lowest BCUT2D eigenvalue weighted by Gasteiger charge is -2.39. The normalized spacial score (nSPS) is 19.5. The summed E-state index contributed by atoms with van der Waals surface area (Å²) in [5, 5.41) is 9.67. The fraction of sp³-hybridized carbons (Fsp3) is 0.350. The monoisotopic (exact) mass is 359 g/mol. The van der Waals surface area contributed by atoms with Gasteiger partial charge in [-0.05, 0) is 61.0 Å². The first kappa shape index (κ1) is 18.0. The maximum absolute atomic E-state index is 13.4. The van der Waals surface area contributed by atoms with Crippen LogP contribution in [0.3, 0.4) is 0 Å². The first-order valence-electron chi connectivity index (χ1n) is 8.48. The predicted octanol–water partition coefficient (Wildman–Crippen LogP) is 4.58. The lowest BCUT2D eigenvalue weighted by molar-refractivity contribution is -0.145. The zero-order chi connectivity index (χ0) is 17.8. The van der Waals surface area contributed by atoms with Crippen LogP contribution < -0.4 is 0 Å². The van der Waals surface area contributed by atoms with Crippen LogP contribution in [0.4, 0.5) is 4.39 Å². The number of likely N-dealkylation sites (tertiary alicyclic amines) is 1. The Kier molecular flexibility index (Phi) is 5.76. The molecule has 0 bridgehead atoms. The van der Waals surface area contributed by atoms with Crippen molar-refractivity contribution in [1.82, 2.24) is 4.90 Å². The molecule has 1 N–H and O–H groups in total. The summed E-state index contributed by atoms with van der Waals surface area (Å²) in [6.45, 7) is 0.725. The van der Waals surface area contributed by atoms with Gasteiger partial charge in [-0.15, -0.1) is 11.8 Å². The van der Waals surface area contributed by atoms with E-state index in [0.29, 0.717) is 6.42 Å². The van der Waals surface area contributed by atoms with Crippen LogP contribution in [0.1, 0.15) is 36.4 Å². The van der Waals surface area contributed by atoms with E-state index in [-0.39, 0.29) is 11.9 Å². The van der Waals surface area contributed by atoms with Crippen LogP contribution in [-0.4, -0.2) is 34.8 Å². The molecule has 2 atom stereocenters. The number of hydrogen-bond donors (Lipinski definition) is 1. The zero-order valence-electron chi connectivity index (χ0n) is 14.2. The van der Waals surface area contributed by atoms with E-state index >= 15 is 0 Å². The fourth-order valence-corrected chi connectivity index (χ4v) is 3.94. The number of piperidine rings is 1. The summed E-state index contributed by atoms with van der Waals surface area (Å²) in [4.78, 5) is 15.0. The van der Waals surface area contributed by atoms with E-state index in [1.807, 2.05) is 23.3 Å². The van der Waals surface area contributed by atoms with Gasteiger partial charge in [-0.25, -0.2) is 4.39 Å². The highest BCUT2D eigenvalue weighted by atomic mass is 32.2. The maximum atomic E-state index is 13.4. The summed E-state index contributed by atoms with van der Waals surface area (Å²) >= 11 is 1.67. The Morgan fingerprint density at radius 2 is 1.72 bits per heavy atom. The second-order valence-electron chi connectivity index (χ2n) is 6.31. The summed E-state index contributed by atoms with van der Waals surface area (Å²) in [6, 6.07) is 13.9. The van der Waals surface area contributed by atoms with Crippen LogP contribution in [-0.2, 0) is 4.79 Å².